The third kappa shape index (κ3) is 3.72. The summed E-state index contributed by atoms with van der Waals surface area (Å²) < 4.78 is 8.62. The average Bonchev–Trinajstić information content (AvgIpc) is 2.94. The van der Waals surface area contributed by atoms with Crippen molar-refractivity contribution in [2.75, 3.05) is 7.11 Å². The van der Waals surface area contributed by atoms with Crippen LogP contribution in [0.5, 0.6) is 5.75 Å². The molecular formula is C16H19BrN4OS. The van der Waals surface area contributed by atoms with Crippen molar-refractivity contribution in [3.63, 3.8) is 0 Å². The van der Waals surface area contributed by atoms with Gasteiger partial charge in [0.2, 0.25) is 4.77 Å². The Bertz CT molecular complexity index is 762. The molecule has 0 amide bonds. The molecule has 0 bridgehead atoms. The molecule has 0 radical (unpaired) electrons. The van der Waals surface area contributed by atoms with E-state index in [4.69, 9.17) is 17.0 Å². The number of rotatable bonds is 4. The predicted octanol–water partition coefficient (Wildman–Crippen LogP) is 4.64. The minimum Gasteiger partial charge on any atom is -0.496 e. The van der Waals surface area contributed by atoms with Crippen LogP contribution >= 0.6 is 28.1 Å². The monoisotopic (exact) mass is 394 g/mol. The number of H-pyrrole nitrogens is 1. The number of nitrogens with zero attached hydrogens (tertiary/aromatic N) is 3. The Morgan fingerprint density at radius 3 is 2.91 bits per heavy atom. The summed E-state index contributed by atoms with van der Waals surface area (Å²) in [6, 6.07) is 5.81. The number of hydrogen-bond acceptors (Lipinski definition) is 4. The summed E-state index contributed by atoms with van der Waals surface area (Å²) in [5.41, 5.74) is 0.888. The Morgan fingerprint density at radius 1 is 1.39 bits per heavy atom. The Kier molecular flexibility index (Phi) is 5.27. The third-order valence-electron chi connectivity index (χ3n) is 4.15. The van der Waals surface area contributed by atoms with Crippen molar-refractivity contribution in [3.05, 3.63) is 38.8 Å². The number of nitrogens with one attached hydrogen (secondary N) is 1. The van der Waals surface area contributed by atoms with E-state index in [1.54, 1.807) is 18.0 Å². The van der Waals surface area contributed by atoms with Gasteiger partial charge >= 0.3 is 0 Å². The zero-order valence-electron chi connectivity index (χ0n) is 13.0. The van der Waals surface area contributed by atoms with E-state index in [2.05, 4.69) is 31.2 Å². The van der Waals surface area contributed by atoms with Crippen LogP contribution in [0.3, 0.4) is 0 Å². The largest absolute Gasteiger partial charge is 0.496 e. The van der Waals surface area contributed by atoms with Gasteiger partial charge in [-0.2, -0.15) is 14.9 Å². The first-order valence-corrected chi connectivity index (χ1v) is 8.94. The highest BCUT2D eigenvalue weighted by Crippen LogP contribution is 2.31. The highest BCUT2D eigenvalue weighted by atomic mass is 79.9. The summed E-state index contributed by atoms with van der Waals surface area (Å²) in [5.74, 6) is 2.13. The van der Waals surface area contributed by atoms with E-state index in [1.807, 2.05) is 18.2 Å². The first-order chi connectivity index (χ1) is 11.2. The maximum absolute atomic E-state index is 5.38. The van der Waals surface area contributed by atoms with Crippen molar-refractivity contribution in [1.82, 2.24) is 14.9 Å². The number of ether oxygens (including phenoxy) is 1. The van der Waals surface area contributed by atoms with Crippen LogP contribution in [0.4, 0.5) is 0 Å². The molecule has 0 saturated heterocycles. The van der Waals surface area contributed by atoms with Crippen molar-refractivity contribution >= 4 is 34.4 Å². The van der Waals surface area contributed by atoms with Gasteiger partial charge in [0.1, 0.15) is 5.75 Å². The van der Waals surface area contributed by atoms with Crippen molar-refractivity contribution in [1.29, 1.82) is 0 Å². The van der Waals surface area contributed by atoms with E-state index in [1.165, 1.54) is 19.3 Å². The fourth-order valence-corrected chi connectivity index (χ4v) is 3.53. The zero-order valence-corrected chi connectivity index (χ0v) is 15.4. The maximum Gasteiger partial charge on any atom is 0.216 e. The lowest BCUT2D eigenvalue weighted by molar-refractivity contribution is 0.414. The molecule has 2 aromatic rings. The number of hydrogen-bond donors (Lipinski definition) is 1. The van der Waals surface area contributed by atoms with E-state index in [9.17, 15) is 0 Å². The van der Waals surface area contributed by atoms with Gasteiger partial charge in [0, 0.05) is 16.0 Å². The van der Waals surface area contributed by atoms with Crippen LogP contribution in [0, 0.1) is 4.77 Å². The molecule has 1 N–H and O–H groups in total. The Balaban J connectivity index is 1.92. The number of aromatic nitrogens is 3. The van der Waals surface area contributed by atoms with E-state index < -0.39 is 0 Å². The highest BCUT2D eigenvalue weighted by molar-refractivity contribution is 9.10. The lowest BCUT2D eigenvalue weighted by Crippen LogP contribution is -2.10. The Labute approximate surface area is 148 Å². The molecule has 1 aliphatic rings. The predicted molar refractivity (Wildman–Crippen MR) is 96.9 cm³/mol. The number of halogens is 1. The molecule has 5 nitrogen and oxygen atoms in total. The summed E-state index contributed by atoms with van der Waals surface area (Å²) in [6.45, 7) is 0. The third-order valence-corrected chi connectivity index (χ3v) is 4.91. The molecule has 1 saturated carbocycles. The molecule has 0 unspecified atom stereocenters. The molecule has 1 aromatic heterocycles. The van der Waals surface area contributed by atoms with Gasteiger partial charge in [-0.15, -0.1) is 0 Å². The quantitative estimate of drug-likeness (QED) is 0.606. The minimum absolute atomic E-state index is 0.429. The first kappa shape index (κ1) is 16.4. The van der Waals surface area contributed by atoms with Crippen LogP contribution in [0.25, 0.3) is 0 Å². The summed E-state index contributed by atoms with van der Waals surface area (Å²) in [7, 11) is 1.65. The standard InChI is InChI=1S/C16H19BrN4OS/c1-22-14-8-7-13(17)9-12(14)10-18-21-15(19-20-16(21)23)11-5-3-2-4-6-11/h7-11H,2-6H2,1H3,(H,20,23). The van der Waals surface area contributed by atoms with Gasteiger partial charge in [0.25, 0.3) is 0 Å². The van der Waals surface area contributed by atoms with Crippen LogP contribution < -0.4 is 4.74 Å². The van der Waals surface area contributed by atoms with E-state index in [0.717, 1.165) is 34.5 Å². The molecule has 1 aromatic carbocycles. The lowest BCUT2D eigenvalue weighted by atomic mass is 9.89. The smallest absolute Gasteiger partial charge is 0.216 e. The second-order valence-electron chi connectivity index (χ2n) is 5.66. The first-order valence-electron chi connectivity index (χ1n) is 7.74. The van der Waals surface area contributed by atoms with Crippen LogP contribution in [0.1, 0.15) is 49.4 Å². The average molecular weight is 395 g/mol. The van der Waals surface area contributed by atoms with Gasteiger partial charge in [-0.1, -0.05) is 35.2 Å². The normalized spacial score (nSPS) is 16.1. The van der Waals surface area contributed by atoms with Crippen molar-refractivity contribution < 1.29 is 4.74 Å². The fraction of sp³-hybridized carbons (Fsp3) is 0.438. The SMILES string of the molecule is COc1ccc(Br)cc1C=Nn1c(C2CCCCC2)n[nH]c1=S. The summed E-state index contributed by atoms with van der Waals surface area (Å²) in [6.07, 6.45) is 7.85. The minimum atomic E-state index is 0.429. The van der Waals surface area contributed by atoms with Gasteiger partial charge < -0.3 is 4.74 Å². The summed E-state index contributed by atoms with van der Waals surface area (Å²) >= 11 is 8.81. The summed E-state index contributed by atoms with van der Waals surface area (Å²) in [5, 5.41) is 11.8. The molecule has 0 atom stereocenters. The number of benzene rings is 1. The van der Waals surface area contributed by atoms with E-state index >= 15 is 0 Å². The van der Waals surface area contributed by atoms with Crippen molar-refractivity contribution in [2.24, 2.45) is 5.10 Å². The molecule has 1 heterocycles. The molecule has 122 valence electrons. The van der Waals surface area contributed by atoms with E-state index in [0.29, 0.717) is 10.7 Å². The second-order valence-corrected chi connectivity index (χ2v) is 6.97. The molecule has 23 heavy (non-hydrogen) atoms. The Morgan fingerprint density at radius 2 is 2.17 bits per heavy atom. The maximum atomic E-state index is 5.38. The van der Waals surface area contributed by atoms with Gasteiger partial charge in [0.05, 0.1) is 13.3 Å². The van der Waals surface area contributed by atoms with Crippen LogP contribution in [0.2, 0.25) is 0 Å². The van der Waals surface area contributed by atoms with Crippen molar-refractivity contribution in [2.45, 2.75) is 38.0 Å². The van der Waals surface area contributed by atoms with Crippen LogP contribution in [0.15, 0.2) is 27.8 Å². The second kappa shape index (κ2) is 7.40. The lowest BCUT2D eigenvalue weighted by Gasteiger charge is -2.19. The molecule has 3 rings (SSSR count). The highest BCUT2D eigenvalue weighted by Gasteiger charge is 2.21. The molecule has 1 aliphatic carbocycles. The van der Waals surface area contributed by atoms with Crippen LogP contribution in [-0.4, -0.2) is 28.2 Å². The van der Waals surface area contributed by atoms with Gasteiger partial charge in [0.15, 0.2) is 5.82 Å². The molecule has 7 heteroatoms. The molecule has 1 fully saturated rings. The topological polar surface area (TPSA) is 55.2 Å². The Hall–Kier alpha value is -1.47. The number of aromatic amines is 1. The molecular weight excluding hydrogens is 376 g/mol. The van der Waals surface area contributed by atoms with Crippen molar-refractivity contribution in [3.8, 4) is 5.75 Å². The summed E-state index contributed by atoms with van der Waals surface area (Å²) in [4.78, 5) is 0. The van der Waals surface area contributed by atoms with Gasteiger partial charge in [-0.25, -0.2) is 0 Å². The molecule has 0 aliphatic heterocycles. The van der Waals surface area contributed by atoms with Gasteiger partial charge in [-0.3, -0.25) is 5.10 Å². The van der Waals surface area contributed by atoms with Crippen LogP contribution in [-0.2, 0) is 0 Å². The zero-order chi connectivity index (χ0) is 16.2. The van der Waals surface area contributed by atoms with E-state index in [-0.39, 0.29) is 0 Å². The number of methoxy groups -OCH3 is 1. The fourth-order valence-electron chi connectivity index (χ4n) is 2.97. The molecule has 0 spiro atoms. The van der Waals surface area contributed by atoms with Gasteiger partial charge in [-0.05, 0) is 43.3 Å².